The molecule has 0 saturated carbocycles. The third-order valence-electron chi connectivity index (χ3n) is 4.87. The highest BCUT2D eigenvalue weighted by atomic mass is 35.5. The maximum atomic E-state index is 5.95. The van der Waals surface area contributed by atoms with Crippen LogP contribution in [0.4, 0.5) is 0 Å². The normalized spacial score (nSPS) is 11.1. The summed E-state index contributed by atoms with van der Waals surface area (Å²) in [4.78, 5) is 0. The number of unbranched alkanes of at least 4 members (excludes halogenated alkanes) is 15. The van der Waals surface area contributed by atoms with E-state index >= 15 is 0 Å². The highest BCUT2D eigenvalue weighted by Crippen LogP contribution is 2.26. The van der Waals surface area contributed by atoms with E-state index in [0.29, 0.717) is 6.61 Å². The van der Waals surface area contributed by atoms with Crippen LogP contribution in [0.5, 0.6) is 5.88 Å². The van der Waals surface area contributed by atoms with Gasteiger partial charge in [0.2, 0.25) is 0 Å². The zero-order valence-corrected chi connectivity index (χ0v) is 18.5. The van der Waals surface area contributed by atoms with Crippen LogP contribution in [-0.4, -0.2) is 22.0 Å². The molecule has 1 rings (SSSR count). The number of aromatic nitrogens is 3. The largest absolute Gasteiger partial charge is 0.475 e. The minimum atomic E-state index is 0.133. The third kappa shape index (κ3) is 13.2. The summed E-state index contributed by atoms with van der Waals surface area (Å²) in [6.07, 6.45) is 21.7. The van der Waals surface area contributed by atoms with Crippen LogP contribution in [0.25, 0.3) is 0 Å². The zero-order chi connectivity index (χ0) is 19.6. The maximum Gasteiger partial charge on any atom is 0.257 e. The second kappa shape index (κ2) is 17.5. The van der Waals surface area contributed by atoms with Crippen molar-refractivity contribution in [1.82, 2.24) is 15.4 Å². The van der Waals surface area contributed by atoms with Gasteiger partial charge in [-0.25, -0.2) is 0 Å². The molecule has 0 N–H and O–H groups in total. The first kappa shape index (κ1) is 24.4. The second-order valence-electron chi connectivity index (χ2n) is 7.35. The molecule has 0 aromatic carbocycles. The van der Waals surface area contributed by atoms with E-state index in [0.717, 1.165) is 6.42 Å². The van der Waals surface area contributed by atoms with E-state index in [-0.39, 0.29) is 16.1 Å². The first-order valence-electron chi connectivity index (χ1n) is 10.9. The van der Waals surface area contributed by atoms with Crippen LogP contribution in [0.2, 0.25) is 10.2 Å². The Bertz CT molecular complexity index is 475. The Hall–Kier alpha value is -0.610. The van der Waals surface area contributed by atoms with E-state index in [2.05, 4.69) is 22.3 Å². The monoisotopic (exact) mass is 417 g/mol. The predicted octanol–water partition coefficient (Wildman–Crippen LogP) is 7.82. The lowest BCUT2D eigenvalue weighted by molar-refractivity contribution is 0.288. The predicted molar refractivity (Wildman–Crippen MR) is 115 cm³/mol. The smallest absolute Gasteiger partial charge is 0.257 e. The third-order valence-corrected chi connectivity index (χ3v) is 5.58. The van der Waals surface area contributed by atoms with Crippen molar-refractivity contribution >= 4 is 23.2 Å². The lowest BCUT2D eigenvalue weighted by Crippen LogP contribution is -2.02. The van der Waals surface area contributed by atoms with Crippen molar-refractivity contribution in [1.29, 1.82) is 0 Å². The molecule has 1 heterocycles. The Morgan fingerprint density at radius 2 is 1.07 bits per heavy atom. The first-order valence-corrected chi connectivity index (χ1v) is 11.7. The van der Waals surface area contributed by atoms with Crippen LogP contribution in [0.1, 0.15) is 110 Å². The number of ether oxygens (including phenoxy) is 1. The molecule has 0 radical (unpaired) electrons. The highest BCUT2D eigenvalue weighted by Gasteiger charge is 2.09. The Balaban J connectivity index is 1.79. The van der Waals surface area contributed by atoms with Crippen LogP contribution < -0.4 is 4.74 Å². The van der Waals surface area contributed by atoms with E-state index in [4.69, 9.17) is 27.9 Å². The molecule has 0 aliphatic carbocycles. The maximum absolute atomic E-state index is 5.95. The molecule has 1 aromatic rings. The molecule has 0 bridgehead atoms. The molecule has 0 fully saturated rings. The molecule has 1 aromatic heterocycles. The number of hydrogen-bond donors (Lipinski definition) is 0. The summed E-state index contributed by atoms with van der Waals surface area (Å²) in [7, 11) is 0. The van der Waals surface area contributed by atoms with Crippen molar-refractivity contribution in [3.8, 4) is 5.88 Å². The van der Waals surface area contributed by atoms with Gasteiger partial charge in [-0.1, -0.05) is 132 Å². The van der Waals surface area contributed by atoms with E-state index in [1.165, 1.54) is 96.3 Å². The Morgan fingerprint density at radius 1 is 0.630 bits per heavy atom. The average Bonchev–Trinajstić information content (AvgIpc) is 2.67. The number of rotatable bonds is 18. The number of nitrogens with zero attached hydrogens (tertiary/aromatic N) is 3. The van der Waals surface area contributed by atoms with Crippen molar-refractivity contribution in [2.45, 2.75) is 110 Å². The SMILES string of the molecule is CCCCCCCCCCCCCCCCCCOc1nnnc(Cl)c1Cl. The van der Waals surface area contributed by atoms with Gasteiger partial charge < -0.3 is 4.74 Å². The van der Waals surface area contributed by atoms with Gasteiger partial charge in [-0.3, -0.25) is 0 Å². The first-order chi connectivity index (χ1) is 13.3. The van der Waals surface area contributed by atoms with Gasteiger partial charge in [0.15, 0.2) is 5.15 Å². The van der Waals surface area contributed by atoms with E-state index in [1.807, 2.05) is 0 Å². The van der Waals surface area contributed by atoms with Gasteiger partial charge in [-0.2, -0.15) is 0 Å². The summed E-state index contributed by atoms with van der Waals surface area (Å²) in [5.41, 5.74) is 0. The summed E-state index contributed by atoms with van der Waals surface area (Å²) >= 11 is 11.7. The Labute approximate surface area is 175 Å². The Morgan fingerprint density at radius 3 is 1.56 bits per heavy atom. The van der Waals surface area contributed by atoms with Gasteiger partial charge >= 0.3 is 0 Å². The van der Waals surface area contributed by atoms with Gasteiger partial charge in [0.05, 0.1) is 6.61 Å². The molecule has 0 aliphatic rings. The summed E-state index contributed by atoms with van der Waals surface area (Å²) in [6, 6.07) is 0. The van der Waals surface area contributed by atoms with Crippen molar-refractivity contribution in [2.24, 2.45) is 0 Å². The Kier molecular flexibility index (Phi) is 15.8. The van der Waals surface area contributed by atoms with Crippen LogP contribution in [0.3, 0.4) is 0 Å². The van der Waals surface area contributed by atoms with Gasteiger partial charge in [0.25, 0.3) is 5.88 Å². The van der Waals surface area contributed by atoms with Crippen molar-refractivity contribution in [3.63, 3.8) is 0 Å². The summed E-state index contributed by atoms with van der Waals surface area (Å²) in [5.74, 6) is 0.276. The molecule has 0 aliphatic heterocycles. The van der Waals surface area contributed by atoms with Crippen LogP contribution >= 0.6 is 23.2 Å². The number of hydrogen-bond acceptors (Lipinski definition) is 4. The van der Waals surface area contributed by atoms with Gasteiger partial charge in [-0.15, -0.1) is 5.10 Å². The highest BCUT2D eigenvalue weighted by molar-refractivity contribution is 6.41. The standard InChI is InChI=1S/C21H37Cl2N3O/c1-2-3-4-5-6-7-8-9-10-11-12-13-14-15-16-17-18-27-21-19(22)20(23)24-26-25-21/h2-18H2,1H3. The molecule has 0 saturated heterocycles. The van der Waals surface area contributed by atoms with E-state index in [9.17, 15) is 0 Å². The zero-order valence-electron chi connectivity index (χ0n) is 17.0. The van der Waals surface area contributed by atoms with Crippen molar-refractivity contribution in [2.75, 3.05) is 6.61 Å². The van der Waals surface area contributed by atoms with E-state index in [1.54, 1.807) is 0 Å². The fourth-order valence-corrected chi connectivity index (χ4v) is 3.43. The average molecular weight is 418 g/mol. The van der Waals surface area contributed by atoms with E-state index < -0.39 is 0 Å². The fourth-order valence-electron chi connectivity index (χ4n) is 3.19. The molecular weight excluding hydrogens is 381 g/mol. The quantitative estimate of drug-likeness (QED) is 0.228. The van der Waals surface area contributed by atoms with Crippen LogP contribution in [-0.2, 0) is 0 Å². The molecule has 0 spiro atoms. The summed E-state index contributed by atoms with van der Waals surface area (Å²) < 4.78 is 5.51. The fraction of sp³-hybridized carbons (Fsp3) is 0.857. The molecule has 0 atom stereocenters. The number of halogens is 2. The second-order valence-corrected chi connectivity index (χ2v) is 8.09. The molecular formula is C21H37Cl2N3O. The van der Waals surface area contributed by atoms with Crippen LogP contribution in [0.15, 0.2) is 0 Å². The summed E-state index contributed by atoms with van der Waals surface area (Å²) in [6.45, 7) is 2.87. The lowest BCUT2D eigenvalue weighted by Gasteiger charge is -2.06. The van der Waals surface area contributed by atoms with Crippen molar-refractivity contribution in [3.05, 3.63) is 10.2 Å². The molecule has 6 heteroatoms. The molecule has 0 unspecified atom stereocenters. The van der Waals surface area contributed by atoms with Gasteiger partial charge in [0, 0.05) is 0 Å². The van der Waals surface area contributed by atoms with Crippen molar-refractivity contribution < 1.29 is 4.74 Å². The molecule has 0 amide bonds. The topological polar surface area (TPSA) is 47.9 Å². The molecule has 27 heavy (non-hydrogen) atoms. The lowest BCUT2D eigenvalue weighted by atomic mass is 10.0. The van der Waals surface area contributed by atoms with Gasteiger partial charge in [0.1, 0.15) is 5.02 Å². The minimum absolute atomic E-state index is 0.133. The molecule has 4 nitrogen and oxygen atoms in total. The van der Waals surface area contributed by atoms with Crippen LogP contribution in [0, 0.1) is 0 Å². The summed E-state index contributed by atoms with van der Waals surface area (Å²) in [5, 5.41) is 11.2. The minimum Gasteiger partial charge on any atom is -0.475 e. The van der Waals surface area contributed by atoms with Gasteiger partial charge in [-0.05, 0) is 11.6 Å². The molecule has 156 valence electrons.